The van der Waals surface area contributed by atoms with Gasteiger partial charge in [-0.2, -0.15) is 0 Å². The fraction of sp³-hybridized carbons (Fsp3) is 0.556. The van der Waals surface area contributed by atoms with Gasteiger partial charge < -0.3 is 10.1 Å². The number of carbonyl (C=O) groups excluding carboxylic acids is 2. The lowest BCUT2D eigenvalue weighted by Gasteiger charge is -2.13. The van der Waals surface area contributed by atoms with Gasteiger partial charge in [0.05, 0.1) is 6.61 Å². The lowest BCUT2D eigenvalue weighted by atomic mass is 10.1. The average Bonchev–Trinajstić information content (AvgIpc) is 2.53. The van der Waals surface area contributed by atoms with E-state index < -0.39 is 23.7 Å². The van der Waals surface area contributed by atoms with Crippen LogP contribution in [0, 0.1) is 5.82 Å². The molecule has 0 aromatic heterocycles. The summed E-state index contributed by atoms with van der Waals surface area (Å²) in [7, 11) is 0. The molecule has 5 heteroatoms. The summed E-state index contributed by atoms with van der Waals surface area (Å²) in [5.41, 5.74) is 0.181. The molecule has 0 fully saturated rings. The van der Waals surface area contributed by atoms with Crippen LogP contribution in [0.4, 0.5) is 4.39 Å². The van der Waals surface area contributed by atoms with E-state index >= 15 is 0 Å². The quantitative estimate of drug-likeness (QED) is 0.525. The van der Waals surface area contributed by atoms with Crippen LogP contribution in [0.3, 0.4) is 0 Å². The third-order valence-electron chi connectivity index (χ3n) is 3.53. The van der Waals surface area contributed by atoms with Crippen LogP contribution in [0.15, 0.2) is 24.3 Å². The van der Waals surface area contributed by atoms with Gasteiger partial charge in [-0.25, -0.2) is 9.18 Å². The molecule has 4 nitrogen and oxygen atoms in total. The maximum atomic E-state index is 13.1. The second-order valence-electron chi connectivity index (χ2n) is 5.64. The molecule has 0 aliphatic heterocycles. The van der Waals surface area contributed by atoms with E-state index in [2.05, 4.69) is 12.2 Å². The van der Waals surface area contributed by atoms with Crippen LogP contribution in [0.5, 0.6) is 0 Å². The molecule has 0 spiro atoms. The molecule has 0 heterocycles. The third-order valence-corrected chi connectivity index (χ3v) is 3.53. The Morgan fingerprint density at radius 3 is 2.57 bits per heavy atom. The van der Waals surface area contributed by atoms with E-state index in [4.69, 9.17) is 4.74 Å². The normalized spacial score (nSPS) is 11.8. The standard InChI is InChI=1S/C18H26FNO3/c1-3-4-5-6-7-8-12-23-18(22)14(2)20-17(21)15-10-9-11-16(19)13-15/h9-11,13-14H,3-8,12H2,1-2H3,(H,20,21)/t14-/m0/s1. The molecule has 0 radical (unpaired) electrons. The van der Waals surface area contributed by atoms with Crippen molar-refractivity contribution in [3.05, 3.63) is 35.6 Å². The number of carbonyl (C=O) groups is 2. The van der Waals surface area contributed by atoms with Gasteiger partial charge in [0.25, 0.3) is 5.91 Å². The van der Waals surface area contributed by atoms with E-state index in [1.54, 1.807) is 6.92 Å². The molecule has 23 heavy (non-hydrogen) atoms. The number of esters is 1. The number of amides is 1. The minimum Gasteiger partial charge on any atom is -0.464 e. The average molecular weight is 323 g/mol. The zero-order valence-electron chi connectivity index (χ0n) is 13.9. The number of hydrogen-bond acceptors (Lipinski definition) is 3. The lowest BCUT2D eigenvalue weighted by Crippen LogP contribution is -2.39. The largest absolute Gasteiger partial charge is 0.464 e. The maximum absolute atomic E-state index is 13.1. The predicted octanol–water partition coefficient (Wildman–Crippen LogP) is 3.85. The van der Waals surface area contributed by atoms with Crippen molar-refractivity contribution in [2.24, 2.45) is 0 Å². The highest BCUT2D eigenvalue weighted by molar-refractivity contribution is 5.96. The minimum absolute atomic E-state index is 0.181. The summed E-state index contributed by atoms with van der Waals surface area (Å²) >= 11 is 0. The molecule has 0 unspecified atom stereocenters. The van der Waals surface area contributed by atoms with E-state index in [1.165, 1.54) is 37.5 Å². The summed E-state index contributed by atoms with van der Waals surface area (Å²) in [6, 6.07) is 4.57. The molecule has 0 saturated carbocycles. The number of benzene rings is 1. The first-order valence-electron chi connectivity index (χ1n) is 8.27. The Morgan fingerprint density at radius 2 is 1.87 bits per heavy atom. The molecule has 0 aliphatic rings. The van der Waals surface area contributed by atoms with Gasteiger partial charge >= 0.3 is 5.97 Å². The van der Waals surface area contributed by atoms with Crippen molar-refractivity contribution in [3.8, 4) is 0 Å². The van der Waals surface area contributed by atoms with Crippen molar-refractivity contribution in [2.75, 3.05) is 6.61 Å². The minimum atomic E-state index is -0.758. The smallest absolute Gasteiger partial charge is 0.328 e. The summed E-state index contributed by atoms with van der Waals surface area (Å²) in [6.45, 7) is 4.09. The van der Waals surface area contributed by atoms with E-state index in [9.17, 15) is 14.0 Å². The highest BCUT2D eigenvalue weighted by atomic mass is 19.1. The number of halogens is 1. The Kier molecular flexibility index (Phi) is 8.95. The first kappa shape index (κ1) is 19.1. The predicted molar refractivity (Wildman–Crippen MR) is 87.7 cm³/mol. The van der Waals surface area contributed by atoms with Crippen molar-refractivity contribution in [1.82, 2.24) is 5.32 Å². The van der Waals surface area contributed by atoms with Crippen LogP contribution in [0.2, 0.25) is 0 Å². The highest BCUT2D eigenvalue weighted by Gasteiger charge is 2.18. The van der Waals surface area contributed by atoms with Crippen molar-refractivity contribution >= 4 is 11.9 Å². The zero-order chi connectivity index (χ0) is 17.1. The zero-order valence-corrected chi connectivity index (χ0v) is 13.9. The van der Waals surface area contributed by atoms with E-state index in [0.29, 0.717) is 6.61 Å². The molecule has 1 rings (SSSR count). The molecule has 1 aromatic carbocycles. The van der Waals surface area contributed by atoms with Crippen molar-refractivity contribution in [2.45, 2.75) is 58.4 Å². The first-order valence-corrected chi connectivity index (χ1v) is 8.27. The second-order valence-corrected chi connectivity index (χ2v) is 5.64. The van der Waals surface area contributed by atoms with Crippen molar-refractivity contribution in [1.29, 1.82) is 0 Å². The number of rotatable bonds is 10. The first-order chi connectivity index (χ1) is 11.0. The molecular weight excluding hydrogens is 297 g/mol. The van der Waals surface area contributed by atoms with Gasteiger partial charge in [0, 0.05) is 5.56 Å². The number of nitrogens with one attached hydrogen (secondary N) is 1. The van der Waals surface area contributed by atoms with Crippen LogP contribution >= 0.6 is 0 Å². The summed E-state index contributed by atoms with van der Waals surface area (Å²) in [6.07, 6.45) is 6.68. The molecule has 0 saturated heterocycles. The maximum Gasteiger partial charge on any atom is 0.328 e. The van der Waals surface area contributed by atoms with Gasteiger partial charge in [0.1, 0.15) is 11.9 Å². The third kappa shape index (κ3) is 7.77. The number of unbranched alkanes of at least 4 members (excludes halogenated alkanes) is 5. The Balaban J connectivity index is 2.24. The topological polar surface area (TPSA) is 55.4 Å². The molecule has 1 atom stereocenters. The molecular formula is C18H26FNO3. The Hall–Kier alpha value is -1.91. The van der Waals surface area contributed by atoms with Crippen LogP contribution in [0.1, 0.15) is 62.7 Å². The monoisotopic (exact) mass is 323 g/mol. The van der Waals surface area contributed by atoms with Gasteiger partial charge in [0.2, 0.25) is 0 Å². The van der Waals surface area contributed by atoms with Gasteiger partial charge in [-0.3, -0.25) is 4.79 Å². The van der Waals surface area contributed by atoms with Crippen molar-refractivity contribution in [3.63, 3.8) is 0 Å². The Labute approximate surface area is 137 Å². The van der Waals surface area contributed by atoms with Crippen molar-refractivity contribution < 1.29 is 18.7 Å². The fourth-order valence-corrected chi connectivity index (χ4v) is 2.15. The van der Waals surface area contributed by atoms with Crippen LogP contribution < -0.4 is 5.32 Å². The van der Waals surface area contributed by atoms with E-state index in [1.807, 2.05) is 0 Å². The van der Waals surface area contributed by atoms with E-state index in [-0.39, 0.29) is 5.56 Å². The summed E-state index contributed by atoms with van der Waals surface area (Å²) < 4.78 is 18.2. The highest BCUT2D eigenvalue weighted by Crippen LogP contribution is 2.06. The second kappa shape index (κ2) is 10.8. The lowest BCUT2D eigenvalue weighted by molar-refractivity contribution is -0.145. The van der Waals surface area contributed by atoms with E-state index in [0.717, 1.165) is 25.3 Å². The summed E-state index contributed by atoms with van der Waals surface area (Å²) in [5.74, 6) is -1.45. The molecule has 1 N–H and O–H groups in total. The number of ether oxygens (including phenoxy) is 1. The molecule has 0 bridgehead atoms. The molecule has 1 amide bonds. The van der Waals surface area contributed by atoms with Gasteiger partial charge in [0.15, 0.2) is 0 Å². The Bertz CT molecular complexity index is 505. The van der Waals surface area contributed by atoms with Gasteiger partial charge in [-0.05, 0) is 31.5 Å². The van der Waals surface area contributed by atoms with Gasteiger partial charge in [-0.1, -0.05) is 45.1 Å². The fourth-order valence-electron chi connectivity index (χ4n) is 2.15. The SMILES string of the molecule is CCCCCCCCOC(=O)[C@H](C)NC(=O)c1cccc(F)c1. The molecule has 128 valence electrons. The summed E-state index contributed by atoms with van der Waals surface area (Å²) in [5, 5.41) is 2.51. The van der Waals surface area contributed by atoms with Gasteiger partial charge in [-0.15, -0.1) is 0 Å². The number of hydrogen-bond donors (Lipinski definition) is 1. The van der Waals surface area contributed by atoms with Crippen LogP contribution in [-0.4, -0.2) is 24.5 Å². The molecule has 1 aromatic rings. The van der Waals surface area contributed by atoms with Crippen LogP contribution in [0.25, 0.3) is 0 Å². The molecule has 0 aliphatic carbocycles. The van der Waals surface area contributed by atoms with Crippen LogP contribution in [-0.2, 0) is 9.53 Å². The summed E-state index contributed by atoms with van der Waals surface area (Å²) in [4.78, 5) is 23.7. The Morgan fingerprint density at radius 1 is 1.17 bits per heavy atom.